The summed E-state index contributed by atoms with van der Waals surface area (Å²) in [6.07, 6.45) is 0. The van der Waals surface area contributed by atoms with Gasteiger partial charge in [0, 0.05) is 11.3 Å². The number of amides is 1. The number of hydrogen-bond acceptors (Lipinski definition) is 4. The summed E-state index contributed by atoms with van der Waals surface area (Å²) in [4.78, 5) is 11.1. The second-order valence-corrected chi connectivity index (χ2v) is 5.08. The monoisotopic (exact) mass is 306 g/mol. The molecule has 5 nitrogen and oxygen atoms in total. The fourth-order valence-electron chi connectivity index (χ4n) is 2.02. The fraction of sp³-hybridized carbons (Fsp3) is 0.133. The second kappa shape index (κ2) is 5.93. The molecule has 0 aromatic heterocycles. The maximum absolute atomic E-state index is 11.1. The maximum atomic E-state index is 11.1. The molecule has 1 atom stereocenters. The van der Waals surface area contributed by atoms with Crippen LogP contribution >= 0.6 is 11.6 Å². The number of carbonyl (C=O) groups excluding carboxylic acids is 1. The van der Waals surface area contributed by atoms with E-state index in [0.29, 0.717) is 11.3 Å². The highest BCUT2D eigenvalue weighted by Gasteiger charge is 2.13. The van der Waals surface area contributed by atoms with E-state index in [1.807, 2.05) is 6.92 Å². The second-order valence-electron chi connectivity index (χ2n) is 4.67. The summed E-state index contributed by atoms with van der Waals surface area (Å²) in [5, 5.41) is 22.7. The topological polar surface area (TPSA) is 95.6 Å². The molecule has 6 heteroatoms. The Balaban J connectivity index is 2.23. The zero-order valence-corrected chi connectivity index (χ0v) is 12.1. The Morgan fingerprint density at radius 1 is 1.24 bits per heavy atom. The Morgan fingerprint density at radius 3 is 2.57 bits per heavy atom. The van der Waals surface area contributed by atoms with E-state index in [2.05, 4.69) is 5.32 Å². The normalized spacial score (nSPS) is 11.9. The first-order valence-corrected chi connectivity index (χ1v) is 6.64. The SMILES string of the molecule is CC(Nc1ccc(C(N)=O)c(Cl)c1)c1cc(O)ccc1O. The van der Waals surface area contributed by atoms with E-state index in [9.17, 15) is 15.0 Å². The fourth-order valence-corrected chi connectivity index (χ4v) is 2.29. The van der Waals surface area contributed by atoms with Gasteiger partial charge in [0.25, 0.3) is 0 Å². The van der Waals surface area contributed by atoms with E-state index in [0.717, 1.165) is 0 Å². The lowest BCUT2D eigenvalue weighted by molar-refractivity contribution is 0.100. The van der Waals surface area contributed by atoms with Crippen LogP contribution in [0.25, 0.3) is 0 Å². The summed E-state index contributed by atoms with van der Waals surface area (Å²) >= 11 is 5.98. The van der Waals surface area contributed by atoms with E-state index in [4.69, 9.17) is 17.3 Å². The standard InChI is InChI=1S/C15H15ClN2O3/c1-8(12-7-10(19)3-5-14(12)20)18-9-2-4-11(15(17)21)13(16)6-9/h2-8,18-20H,1H3,(H2,17,21). The first-order chi connectivity index (χ1) is 9.88. The number of halogens is 1. The zero-order chi connectivity index (χ0) is 15.6. The van der Waals surface area contributed by atoms with Crippen molar-refractivity contribution in [2.45, 2.75) is 13.0 Å². The number of phenolic OH excluding ortho intramolecular Hbond substituents is 2. The molecule has 1 amide bonds. The van der Waals surface area contributed by atoms with Gasteiger partial charge in [-0.2, -0.15) is 0 Å². The summed E-state index contributed by atoms with van der Waals surface area (Å²) in [5.74, 6) is -0.448. The molecular weight excluding hydrogens is 292 g/mol. The van der Waals surface area contributed by atoms with Gasteiger partial charge in [0.15, 0.2) is 0 Å². The van der Waals surface area contributed by atoms with Gasteiger partial charge in [0.2, 0.25) is 5.91 Å². The van der Waals surface area contributed by atoms with Gasteiger partial charge >= 0.3 is 0 Å². The number of primary amides is 1. The first kappa shape index (κ1) is 15.0. The Labute approximate surface area is 127 Å². The Kier molecular flexibility index (Phi) is 4.23. The average molecular weight is 307 g/mol. The number of nitrogens with two attached hydrogens (primary N) is 1. The van der Waals surface area contributed by atoms with Gasteiger partial charge in [0.1, 0.15) is 11.5 Å². The summed E-state index contributed by atoms with van der Waals surface area (Å²) in [6.45, 7) is 1.82. The van der Waals surface area contributed by atoms with Gasteiger partial charge in [-0.15, -0.1) is 0 Å². The van der Waals surface area contributed by atoms with Crippen molar-refractivity contribution < 1.29 is 15.0 Å². The van der Waals surface area contributed by atoms with Crippen LogP contribution in [-0.2, 0) is 0 Å². The molecular formula is C15H15ClN2O3. The van der Waals surface area contributed by atoms with Crippen molar-refractivity contribution in [3.8, 4) is 11.5 Å². The van der Waals surface area contributed by atoms with Crippen LogP contribution in [0.4, 0.5) is 5.69 Å². The van der Waals surface area contributed by atoms with Gasteiger partial charge in [0.05, 0.1) is 16.6 Å². The minimum Gasteiger partial charge on any atom is -0.508 e. The molecule has 21 heavy (non-hydrogen) atoms. The van der Waals surface area contributed by atoms with Crippen molar-refractivity contribution in [1.82, 2.24) is 0 Å². The van der Waals surface area contributed by atoms with Crippen LogP contribution in [0.5, 0.6) is 11.5 Å². The van der Waals surface area contributed by atoms with Crippen molar-refractivity contribution in [2.24, 2.45) is 5.73 Å². The van der Waals surface area contributed by atoms with Gasteiger partial charge in [-0.05, 0) is 43.3 Å². The van der Waals surface area contributed by atoms with Gasteiger partial charge < -0.3 is 21.3 Å². The zero-order valence-electron chi connectivity index (χ0n) is 11.3. The Morgan fingerprint density at radius 2 is 1.95 bits per heavy atom. The van der Waals surface area contributed by atoms with Crippen LogP contribution in [0, 0.1) is 0 Å². The van der Waals surface area contributed by atoms with Gasteiger partial charge in [-0.25, -0.2) is 0 Å². The molecule has 0 aliphatic rings. The van der Waals surface area contributed by atoms with E-state index >= 15 is 0 Å². The summed E-state index contributed by atoms with van der Waals surface area (Å²) < 4.78 is 0. The molecule has 0 saturated heterocycles. The number of rotatable bonds is 4. The Hall–Kier alpha value is -2.40. The number of hydrogen-bond donors (Lipinski definition) is 4. The highest BCUT2D eigenvalue weighted by atomic mass is 35.5. The molecule has 0 aliphatic heterocycles. The van der Waals surface area contributed by atoms with Crippen molar-refractivity contribution in [3.05, 3.63) is 52.5 Å². The first-order valence-electron chi connectivity index (χ1n) is 6.26. The number of phenols is 2. The number of anilines is 1. The average Bonchev–Trinajstić information content (AvgIpc) is 2.41. The summed E-state index contributed by atoms with van der Waals surface area (Å²) in [5.41, 5.74) is 6.65. The minimum absolute atomic E-state index is 0.0681. The smallest absolute Gasteiger partial charge is 0.250 e. The molecule has 2 rings (SSSR count). The third kappa shape index (κ3) is 3.38. The van der Waals surface area contributed by atoms with E-state index in [1.165, 1.54) is 24.3 Å². The van der Waals surface area contributed by atoms with Crippen molar-refractivity contribution in [1.29, 1.82) is 0 Å². The lowest BCUT2D eigenvalue weighted by Gasteiger charge is -2.17. The number of carbonyl (C=O) groups is 1. The maximum Gasteiger partial charge on any atom is 0.250 e. The molecule has 0 radical (unpaired) electrons. The molecule has 0 bridgehead atoms. The van der Waals surface area contributed by atoms with Crippen LogP contribution in [0.3, 0.4) is 0 Å². The third-order valence-corrected chi connectivity index (χ3v) is 3.41. The van der Waals surface area contributed by atoms with Crippen molar-refractivity contribution >= 4 is 23.2 Å². The highest BCUT2D eigenvalue weighted by molar-refractivity contribution is 6.34. The van der Waals surface area contributed by atoms with Crippen molar-refractivity contribution in [2.75, 3.05) is 5.32 Å². The van der Waals surface area contributed by atoms with Crippen LogP contribution in [0.15, 0.2) is 36.4 Å². The van der Waals surface area contributed by atoms with Crippen LogP contribution in [-0.4, -0.2) is 16.1 Å². The molecule has 5 N–H and O–H groups in total. The van der Waals surface area contributed by atoms with E-state index in [1.54, 1.807) is 12.1 Å². The van der Waals surface area contributed by atoms with Gasteiger partial charge in [-0.3, -0.25) is 4.79 Å². The van der Waals surface area contributed by atoms with Crippen LogP contribution < -0.4 is 11.1 Å². The number of nitrogens with one attached hydrogen (secondary N) is 1. The lowest BCUT2D eigenvalue weighted by atomic mass is 10.1. The number of benzene rings is 2. The highest BCUT2D eigenvalue weighted by Crippen LogP contribution is 2.31. The van der Waals surface area contributed by atoms with E-state index in [-0.39, 0.29) is 28.1 Å². The van der Waals surface area contributed by atoms with E-state index < -0.39 is 5.91 Å². The summed E-state index contributed by atoms with van der Waals surface area (Å²) in [6, 6.07) is 8.82. The molecule has 0 aliphatic carbocycles. The molecule has 0 heterocycles. The lowest BCUT2D eigenvalue weighted by Crippen LogP contribution is -2.12. The quantitative estimate of drug-likeness (QED) is 0.653. The molecule has 0 spiro atoms. The van der Waals surface area contributed by atoms with Gasteiger partial charge in [-0.1, -0.05) is 11.6 Å². The van der Waals surface area contributed by atoms with Crippen molar-refractivity contribution in [3.63, 3.8) is 0 Å². The predicted molar refractivity (Wildman–Crippen MR) is 81.8 cm³/mol. The Bertz CT molecular complexity index is 689. The molecule has 2 aromatic carbocycles. The molecule has 2 aromatic rings. The predicted octanol–water partition coefficient (Wildman–Crippen LogP) is 3.02. The number of aromatic hydroxyl groups is 2. The largest absolute Gasteiger partial charge is 0.508 e. The summed E-state index contributed by atoms with van der Waals surface area (Å²) in [7, 11) is 0. The van der Waals surface area contributed by atoms with Crippen LogP contribution in [0.1, 0.15) is 28.9 Å². The molecule has 0 saturated carbocycles. The van der Waals surface area contributed by atoms with Crippen LogP contribution in [0.2, 0.25) is 5.02 Å². The third-order valence-electron chi connectivity index (χ3n) is 3.10. The minimum atomic E-state index is -0.592. The molecule has 110 valence electrons. The molecule has 0 fully saturated rings. The molecule has 1 unspecified atom stereocenters.